The van der Waals surface area contributed by atoms with Gasteiger partial charge in [0.2, 0.25) is 0 Å². The van der Waals surface area contributed by atoms with Crippen molar-refractivity contribution in [3.05, 3.63) is 54.5 Å². The van der Waals surface area contributed by atoms with Crippen molar-refractivity contribution in [1.82, 2.24) is 24.9 Å². The van der Waals surface area contributed by atoms with Gasteiger partial charge in [-0.05, 0) is 50.2 Å². The number of alkyl halides is 1. The highest BCUT2D eigenvalue weighted by Crippen LogP contribution is 2.28. The topological polar surface area (TPSA) is 64.3 Å². The Balaban J connectivity index is 1.49. The average Bonchev–Trinajstić information content (AvgIpc) is 3.06. The minimum absolute atomic E-state index is 0.210. The van der Waals surface area contributed by atoms with E-state index in [2.05, 4.69) is 20.5 Å². The molecule has 1 aliphatic rings. The van der Waals surface area contributed by atoms with Crippen molar-refractivity contribution in [2.24, 2.45) is 0 Å². The molecule has 29 heavy (non-hydrogen) atoms. The minimum Gasteiger partial charge on any atom is -0.487 e. The Bertz CT molecular complexity index is 1180. The molecule has 0 spiro atoms. The Labute approximate surface area is 165 Å². The van der Waals surface area contributed by atoms with Gasteiger partial charge in [0, 0.05) is 17.6 Å². The first-order valence-electron chi connectivity index (χ1n) is 9.61. The standard InChI is InChI=1S/C21H19F2N5O/c22-15-6-8-24-9-7-18(15)29-14-11-13-4-5-17(25-20(13)16(23)12-14)21-27-26-19-3-1-2-10-28(19)21/h1-5,10-12,15,18,24H,6-9H2. The summed E-state index contributed by atoms with van der Waals surface area (Å²) >= 11 is 0. The highest BCUT2D eigenvalue weighted by Gasteiger charge is 2.25. The van der Waals surface area contributed by atoms with Crippen molar-refractivity contribution >= 4 is 16.6 Å². The fraction of sp³-hybridized carbons (Fsp3) is 0.286. The van der Waals surface area contributed by atoms with E-state index in [4.69, 9.17) is 4.74 Å². The predicted molar refractivity (Wildman–Crippen MR) is 105 cm³/mol. The Hall–Kier alpha value is -3.13. The van der Waals surface area contributed by atoms with Gasteiger partial charge in [0.25, 0.3) is 0 Å². The number of ether oxygens (including phenoxy) is 1. The number of nitrogens with zero attached hydrogens (tertiary/aromatic N) is 4. The maximum absolute atomic E-state index is 14.8. The second kappa shape index (κ2) is 7.36. The summed E-state index contributed by atoms with van der Waals surface area (Å²) in [6.07, 6.45) is 1.09. The lowest BCUT2D eigenvalue weighted by atomic mass is 10.1. The Morgan fingerprint density at radius 2 is 1.97 bits per heavy atom. The number of hydrogen-bond donors (Lipinski definition) is 1. The quantitative estimate of drug-likeness (QED) is 0.575. The van der Waals surface area contributed by atoms with Crippen LogP contribution in [0.4, 0.5) is 8.78 Å². The van der Waals surface area contributed by atoms with Crippen LogP contribution in [0.2, 0.25) is 0 Å². The normalized spacial score (nSPS) is 20.1. The summed E-state index contributed by atoms with van der Waals surface area (Å²) < 4.78 is 36.7. The van der Waals surface area contributed by atoms with Crippen molar-refractivity contribution in [3.8, 4) is 17.3 Å². The minimum atomic E-state index is -1.08. The molecule has 3 aromatic heterocycles. The Kier molecular flexibility index (Phi) is 4.55. The highest BCUT2D eigenvalue weighted by atomic mass is 19.1. The van der Waals surface area contributed by atoms with Gasteiger partial charge in [-0.3, -0.25) is 4.40 Å². The van der Waals surface area contributed by atoms with Crippen LogP contribution in [0.25, 0.3) is 28.1 Å². The zero-order chi connectivity index (χ0) is 19.8. The largest absolute Gasteiger partial charge is 0.487 e. The Morgan fingerprint density at radius 3 is 2.90 bits per heavy atom. The molecule has 0 saturated carbocycles. The molecule has 0 amide bonds. The summed E-state index contributed by atoms with van der Waals surface area (Å²) in [4.78, 5) is 4.45. The molecule has 1 aliphatic heterocycles. The molecule has 1 N–H and O–H groups in total. The van der Waals surface area contributed by atoms with Crippen LogP contribution in [0.15, 0.2) is 48.7 Å². The predicted octanol–water partition coefficient (Wildman–Crippen LogP) is 3.55. The number of rotatable bonds is 3. The molecular formula is C21H19F2N5O. The molecule has 4 aromatic rings. The van der Waals surface area contributed by atoms with Gasteiger partial charge in [0.1, 0.15) is 29.2 Å². The third-order valence-electron chi connectivity index (χ3n) is 5.16. The van der Waals surface area contributed by atoms with Gasteiger partial charge >= 0.3 is 0 Å². The van der Waals surface area contributed by atoms with Crippen LogP contribution in [0.5, 0.6) is 5.75 Å². The van der Waals surface area contributed by atoms with Crippen LogP contribution < -0.4 is 10.1 Å². The number of aromatic nitrogens is 4. The van der Waals surface area contributed by atoms with E-state index < -0.39 is 18.1 Å². The van der Waals surface area contributed by atoms with E-state index in [0.29, 0.717) is 54.2 Å². The number of pyridine rings is 2. The smallest absolute Gasteiger partial charge is 0.187 e. The van der Waals surface area contributed by atoms with E-state index in [1.54, 1.807) is 22.6 Å². The molecule has 2 atom stereocenters. The molecular weight excluding hydrogens is 376 g/mol. The molecule has 4 heterocycles. The maximum atomic E-state index is 14.8. The molecule has 0 radical (unpaired) electrons. The van der Waals surface area contributed by atoms with Crippen LogP contribution in [0.1, 0.15) is 12.8 Å². The molecule has 0 aliphatic carbocycles. The molecule has 148 valence electrons. The third-order valence-corrected chi connectivity index (χ3v) is 5.16. The van der Waals surface area contributed by atoms with E-state index in [1.165, 1.54) is 6.07 Å². The second-order valence-electron chi connectivity index (χ2n) is 7.13. The summed E-state index contributed by atoms with van der Waals surface area (Å²) in [6, 6.07) is 12.1. The summed E-state index contributed by atoms with van der Waals surface area (Å²) in [6.45, 7) is 1.30. The number of halogens is 2. The fourth-order valence-corrected chi connectivity index (χ4v) is 3.66. The van der Waals surface area contributed by atoms with Crippen molar-refractivity contribution in [2.45, 2.75) is 25.1 Å². The highest BCUT2D eigenvalue weighted by molar-refractivity contribution is 5.83. The van der Waals surface area contributed by atoms with E-state index in [1.807, 2.05) is 24.4 Å². The summed E-state index contributed by atoms with van der Waals surface area (Å²) in [5, 5.41) is 12.0. The lowest BCUT2D eigenvalue weighted by molar-refractivity contribution is 0.0969. The molecule has 1 aromatic carbocycles. The number of benzene rings is 1. The number of fused-ring (bicyclic) bond motifs is 2. The molecule has 8 heteroatoms. The van der Waals surface area contributed by atoms with Gasteiger partial charge in [-0.15, -0.1) is 10.2 Å². The molecule has 5 rings (SSSR count). The average molecular weight is 395 g/mol. The molecule has 1 saturated heterocycles. The monoisotopic (exact) mass is 395 g/mol. The molecule has 0 bridgehead atoms. The number of nitrogens with one attached hydrogen (secondary N) is 1. The van der Waals surface area contributed by atoms with E-state index >= 15 is 0 Å². The van der Waals surface area contributed by atoms with Crippen LogP contribution in [0, 0.1) is 5.82 Å². The maximum Gasteiger partial charge on any atom is 0.187 e. The SMILES string of the molecule is Fc1cc(OC2CCNCCC2F)cc2ccc(-c3nnc4ccccn34)nc12. The molecule has 6 nitrogen and oxygen atoms in total. The van der Waals surface area contributed by atoms with Gasteiger partial charge in [-0.1, -0.05) is 12.1 Å². The van der Waals surface area contributed by atoms with Gasteiger partial charge in [0.15, 0.2) is 17.3 Å². The molecule has 2 unspecified atom stereocenters. The first kappa shape index (κ1) is 17.9. The van der Waals surface area contributed by atoms with Gasteiger partial charge < -0.3 is 10.1 Å². The van der Waals surface area contributed by atoms with Crippen molar-refractivity contribution in [3.63, 3.8) is 0 Å². The van der Waals surface area contributed by atoms with Gasteiger partial charge in [0.05, 0.1) is 0 Å². The van der Waals surface area contributed by atoms with E-state index in [0.717, 1.165) is 0 Å². The lowest BCUT2D eigenvalue weighted by Crippen LogP contribution is -2.28. The van der Waals surface area contributed by atoms with Crippen molar-refractivity contribution in [2.75, 3.05) is 13.1 Å². The van der Waals surface area contributed by atoms with Crippen LogP contribution in [-0.4, -0.2) is 44.9 Å². The fourth-order valence-electron chi connectivity index (χ4n) is 3.66. The second-order valence-corrected chi connectivity index (χ2v) is 7.13. The van der Waals surface area contributed by atoms with Crippen molar-refractivity contribution < 1.29 is 13.5 Å². The first-order valence-corrected chi connectivity index (χ1v) is 9.61. The van der Waals surface area contributed by atoms with E-state index in [-0.39, 0.29) is 5.52 Å². The first-order chi connectivity index (χ1) is 14.2. The summed E-state index contributed by atoms with van der Waals surface area (Å²) in [5.74, 6) is 0.329. The van der Waals surface area contributed by atoms with Gasteiger partial charge in [-0.25, -0.2) is 13.8 Å². The van der Waals surface area contributed by atoms with Gasteiger partial charge in [-0.2, -0.15) is 0 Å². The van der Waals surface area contributed by atoms with Crippen molar-refractivity contribution in [1.29, 1.82) is 0 Å². The number of hydrogen-bond acceptors (Lipinski definition) is 5. The van der Waals surface area contributed by atoms with E-state index in [9.17, 15) is 8.78 Å². The zero-order valence-corrected chi connectivity index (χ0v) is 15.6. The summed E-state index contributed by atoms with van der Waals surface area (Å²) in [5.41, 5.74) is 1.41. The Morgan fingerprint density at radius 1 is 1.07 bits per heavy atom. The third kappa shape index (κ3) is 3.40. The van der Waals surface area contributed by atoms with Crippen LogP contribution in [0.3, 0.4) is 0 Å². The summed E-state index contributed by atoms with van der Waals surface area (Å²) in [7, 11) is 0. The molecule has 1 fully saturated rings. The van der Waals surface area contributed by atoms with Crippen LogP contribution in [-0.2, 0) is 0 Å². The lowest BCUT2D eigenvalue weighted by Gasteiger charge is -2.20. The zero-order valence-electron chi connectivity index (χ0n) is 15.6. The van der Waals surface area contributed by atoms with Crippen LogP contribution >= 0.6 is 0 Å².